The Bertz CT molecular complexity index is 298. The third-order valence-corrected chi connectivity index (χ3v) is 4.84. The van der Waals surface area contributed by atoms with Crippen molar-refractivity contribution in [2.45, 2.75) is 37.9 Å². The van der Waals surface area contributed by atoms with Gasteiger partial charge in [0.05, 0.1) is 18.8 Å². The summed E-state index contributed by atoms with van der Waals surface area (Å²) in [7, 11) is 0. The highest BCUT2D eigenvalue weighted by atomic mass is 16.5. The fourth-order valence-electron chi connectivity index (χ4n) is 3.26. The Morgan fingerprint density at radius 3 is 2.33 bits per heavy atom. The second kappa shape index (κ2) is 7.88. The lowest BCUT2D eigenvalue weighted by Gasteiger charge is -2.35. The quantitative estimate of drug-likeness (QED) is 0.744. The average Bonchev–Trinajstić information content (AvgIpc) is 3.32. The van der Waals surface area contributed by atoms with Crippen molar-refractivity contribution in [2.24, 2.45) is 5.92 Å². The summed E-state index contributed by atoms with van der Waals surface area (Å²) in [6, 6.07) is 0. The molecule has 3 fully saturated rings. The van der Waals surface area contributed by atoms with E-state index in [-0.39, 0.29) is 12.2 Å². The van der Waals surface area contributed by atoms with Gasteiger partial charge in [-0.15, -0.1) is 0 Å². The lowest BCUT2D eigenvalue weighted by atomic mass is 10.1. The van der Waals surface area contributed by atoms with Gasteiger partial charge in [0.15, 0.2) is 0 Å². The van der Waals surface area contributed by atoms with Crippen molar-refractivity contribution in [3.8, 4) is 0 Å². The van der Waals surface area contributed by atoms with Gasteiger partial charge in [0, 0.05) is 52.5 Å². The zero-order valence-electron chi connectivity index (χ0n) is 13.1. The van der Waals surface area contributed by atoms with Crippen molar-refractivity contribution >= 4 is 0 Å². The van der Waals surface area contributed by atoms with Gasteiger partial charge in [-0.3, -0.25) is 4.90 Å². The van der Waals surface area contributed by atoms with Crippen LogP contribution in [0, 0.1) is 5.92 Å². The molecule has 0 bridgehead atoms. The van der Waals surface area contributed by atoms with Crippen LogP contribution in [0.25, 0.3) is 0 Å². The third-order valence-electron chi connectivity index (χ3n) is 4.84. The van der Waals surface area contributed by atoms with Crippen molar-refractivity contribution < 1.29 is 14.6 Å². The standard InChI is InChI=1S/C16H30N2O3/c19-15(13-21-16-3-9-20-10-4-16)12-18-7-5-17(6-8-18)11-14-1-2-14/h14-16,19H,1-13H2. The van der Waals surface area contributed by atoms with Crippen LogP contribution < -0.4 is 0 Å². The second-order valence-electron chi connectivity index (χ2n) is 6.84. The monoisotopic (exact) mass is 298 g/mol. The van der Waals surface area contributed by atoms with Crippen LogP contribution in [0.4, 0.5) is 0 Å². The molecule has 2 aliphatic heterocycles. The largest absolute Gasteiger partial charge is 0.389 e. The Balaban J connectivity index is 1.27. The number of hydrogen-bond acceptors (Lipinski definition) is 5. The normalized spacial score (nSPS) is 27.9. The molecule has 1 unspecified atom stereocenters. The average molecular weight is 298 g/mol. The zero-order chi connectivity index (χ0) is 14.5. The molecule has 21 heavy (non-hydrogen) atoms. The molecule has 0 spiro atoms. The number of nitrogens with zero attached hydrogens (tertiary/aromatic N) is 2. The minimum Gasteiger partial charge on any atom is -0.389 e. The van der Waals surface area contributed by atoms with E-state index in [9.17, 15) is 5.11 Å². The number of ether oxygens (including phenoxy) is 2. The highest BCUT2D eigenvalue weighted by molar-refractivity contribution is 4.81. The van der Waals surface area contributed by atoms with E-state index >= 15 is 0 Å². The number of aliphatic hydroxyl groups is 1. The fraction of sp³-hybridized carbons (Fsp3) is 1.00. The number of rotatable bonds is 7. The molecule has 0 aromatic carbocycles. The van der Waals surface area contributed by atoms with Crippen LogP contribution in [0.15, 0.2) is 0 Å². The number of hydrogen-bond donors (Lipinski definition) is 1. The third kappa shape index (κ3) is 5.49. The lowest BCUT2D eigenvalue weighted by Crippen LogP contribution is -2.49. The summed E-state index contributed by atoms with van der Waals surface area (Å²) in [4.78, 5) is 4.96. The van der Waals surface area contributed by atoms with E-state index in [1.807, 2.05) is 0 Å². The van der Waals surface area contributed by atoms with Gasteiger partial charge in [-0.1, -0.05) is 0 Å². The minimum absolute atomic E-state index is 0.281. The summed E-state index contributed by atoms with van der Waals surface area (Å²) >= 11 is 0. The molecule has 2 heterocycles. The minimum atomic E-state index is -0.358. The van der Waals surface area contributed by atoms with Gasteiger partial charge in [-0.2, -0.15) is 0 Å². The van der Waals surface area contributed by atoms with Crippen molar-refractivity contribution in [3.63, 3.8) is 0 Å². The maximum absolute atomic E-state index is 10.1. The van der Waals surface area contributed by atoms with Gasteiger partial charge in [0.1, 0.15) is 0 Å². The van der Waals surface area contributed by atoms with Crippen LogP contribution in [0.1, 0.15) is 25.7 Å². The molecular formula is C16H30N2O3. The van der Waals surface area contributed by atoms with Gasteiger partial charge in [-0.25, -0.2) is 0 Å². The highest BCUT2D eigenvalue weighted by Gasteiger charge is 2.27. The molecule has 1 N–H and O–H groups in total. The first-order valence-corrected chi connectivity index (χ1v) is 8.62. The Hall–Kier alpha value is -0.200. The molecule has 5 heteroatoms. The van der Waals surface area contributed by atoms with Gasteiger partial charge in [0.2, 0.25) is 0 Å². The van der Waals surface area contributed by atoms with E-state index < -0.39 is 0 Å². The SMILES string of the molecule is OC(COC1CCOCC1)CN1CCN(CC2CC2)CC1. The highest BCUT2D eigenvalue weighted by Crippen LogP contribution is 2.29. The van der Waals surface area contributed by atoms with Crippen molar-refractivity contribution in [2.75, 3.05) is 59.1 Å². The van der Waals surface area contributed by atoms with Gasteiger partial charge in [-0.05, 0) is 31.6 Å². The van der Waals surface area contributed by atoms with Crippen LogP contribution in [0.3, 0.4) is 0 Å². The molecule has 122 valence electrons. The molecule has 1 atom stereocenters. The zero-order valence-corrected chi connectivity index (χ0v) is 13.1. The van der Waals surface area contributed by atoms with Crippen LogP contribution >= 0.6 is 0 Å². The Morgan fingerprint density at radius 1 is 1.00 bits per heavy atom. The van der Waals surface area contributed by atoms with Gasteiger partial charge < -0.3 is 19.5 Å². The predicted molar refractivity (Wildman–Crippen MR) is 81.4 cm³/mol. The first-order valence-electron chi connectivity index (χ1n) is 8.62. The number of β-amino-alcohol motifs (C(OH)–C–C–N with tert-alkyl or cyclic N) is 1. The van der Waals surface area contributed by atoms with Crippen LogP contribution in [0.2, 0.25) is 0 Å². The van der Waals surface area contributed by atoms with Crippen LogP contribution in [0.5, 0.6) is 0 Å². The molecule has 3 rings (SSSR count). The van der Waals surface area contributed by atoms with E-state index in [4.69, 9.17) is 9.47 Å². The van der Waals surface area contributed by atoms with E-state index in [0.29, 0.717) is 6.61 Å². The number of aliphatic hydroxyl groups excluding tert-OH is 1. The topological polar surface area (TPSA) is 45.2 Å². The van der Waals surface area contributed by atoms with Crippen molar-refractivity contribution in [1.82, 2.24) is 9.80 Å². The Kier molecular flexibility index (Phi) is 5.89. The molecule has 0 aromatic rings. The smallest absolute Gasteiger partial charge is 0.0900 e. The fourth-order valence-corrected chi connectivity index (χ4v) is 3.26. The van der Waals surface area contributed by atoms with Crippen LogP contribution in [-0.2, 0) is 9.47 Å². The van der Waals surface area contributed by atoms with E-state index in [2.05, 4.69) is 9.80 Å². The molecule has 0 amide bonds. The molecular weight excluding hydrogens is 268 g/mol. The Morgan fingerprint density at radius 2 is 1.67 bits per heavy atom. The summed E-state index contributed by atoms with van der Waals surface area (Å²) in [6.07, 6.45) is 4.72. The van der Waals surface area contributed by atoms with Crippen molar-refractivity contribution in [3.05, 3.63) is 0 Å². The maximum atomic E-state index is 10.1. The molecule has 0 aromatic heterocycles. The summed E-state index contributed by atoms with van der Waals surface area (Å²) in [5, 5.41) is 10.1. The summed E-state index contributed by atoms with van der Waals surface area (Å²) in [6.45, 7) is 8.58. The molecule has 1 aliphatic carbocycles. The maximum Gasteiger partial charge on any atom is 0.0900 e. The summed E-state index contributed by atoms with van der Waals surface area (Å²) in [5.74, 6) is 0.981. The molecule has 3 aliphatic rings. The molecule has 2 saturated heterocycles. The van der Waals surface area contributed by atoms with Gasteiger partial charge in [0.25, 0.3) is 0 Å². The second-order valence-corrected chi connectivity index (χ2v) is 6.84. The Labute approximate surface area is 128 Å². The number of piperazine rings is 1. The predicted octanol–water partition coefficient (Wildman–Crippen LogP) is 0.571. The van der Waals surface area contributed by atoms with E-state index in [1.165, 1.54) is 19.4 Å². The molecule has 1 saturated carbocycles. The van der Waals surface area contributed by atoms with Crippen LogP contribution in [-0.4, -0.2) is 86.2 Å². The summed E-state index contributed by atoms with van der Waals surface area (Å²) < 4.78 is 11.1. The molecule has 0 radical (unpaired) electrons. The van der Waals surface area contributed by atoms with E-state index in [0.717, 1.165) is 64.7 Å². The lowest BCUT2D eigenvalue weighted by molar-refractivity contribution is -0.0658. The van der Waals surface area contributed by atoms with Crippen molar-refractivity contribution in [1.29, 1.82) is 0 Å². The molecule has 5 nitrogen and oxygen atoms in total. The van der Waals surface area contributed by atoms with Gasteiger partial charge >= 0.3 is 0 Å². The summed E-state index contributed by atoms with van der Waals surface area (Å²) in [5.41, 5.74) is 0. The van der Waals surface area contributed by atoms with E-state index in [1.54, 1.807) is 0 Å². The first-order chi connectivity index (χ1) is 10.3. The first kappa shape index (κ1) is 15.7.